The van der Waals surface area contributed by atoms with Gasteiger partial charge in [-0.1, -0.05) is 17.9 Å². The first-order valence-corrected chi connectivity index (χ1v) is 7.36. The van der Waals surface area contributed by atoms with Crippen molar-refractivity contribution in [3.8, 4) is 17.6 Å². The number of aliphatic hydroxyl groups excluding tert-OH is 1. The van der Waals surface area contributed by atoms with Gasteiger partial charge in [0.15, 0.2) is 0 Å². The first-order chi connectivity index (χ1) is 10.4. The van der Waals surface area contributed by atoms with Crippen LogP contribution in [0.15, 0.2) is 24.3 Å². The molecular weight excluding hydrogens is 268 g/mol. The number of benzene rings is 1. The molecule has 114 valence electrons. The van der Waals surface area contributed by atoms with Crippen LogP contribution in [0.5, 0.6) is 5.75 Å². The minimum absolute atomic E-state index is 0.0898. The van der Waals surface area contributed by atoms with E-state index in [-0.39, 0.29) is 6.61 Å². The summed E-state index contributed by atoms with van der Waals surface area (Å²) in [6.45, 7) is 3.62. The van der Waals surface area contributed by atoms with E-state index in [1.165, 1.54) is 0 Å². The summed E-state index contributed by atoms with van der Waals surface area (Å²) in [6, 6.07) is 7.64. The van der Waals surface area contributed by atoms with Crippen molar-refractivity contribution in [3.63, 3.8) is 0 Å². The summed E-state index contributed by atoms with van der Waals surface area (Å²) in [7, 11) is 0. The largest absolute Gasteiger partial charge is 0.491 e. The highest BCUT2D eigenvalue weighted by Gasteiger charge is 2.15. The molecule has 0 saturated carbocycles. The third kappa shape index (κ3) is 6.17. The highest BCUT2D eigenvalue weighted by atomic mass is 16.5. The van der Waals surface area contributed by atoms with Crippen molar-refractivity contribution in [2.45, 2.75) is 12.8 Å². The third-order valence-corrected chi connectivity index (χ3v) is 3.18. The van der Waals surface area contributed by atoms with E-state index in [1.807, 2.05) is 24.3 Å². The molecule has 1 atom stereocenters. The quantitative estimate of drug-likeness (QED) is 0.615. The molecule has 1 aromatic carbocycles. The average Bonchev–Trinajstić information content (AvgIpc) is 3.01. The van der Waals surface area contributed by atoms with Gasteiger partial charge in [0, 0.05) is 24.5 Å². The summed E-state index contributed by atoms with van der Waals surface area (Å²) in [4.78, 5) is 0. The van der Waals surface area contributed by atoms with E-state index in [4.69, 9.17) is 19.3 Å². The smallest absolute Gasteiger partial charge is 0.120 e. The van der Waals surface area contributed by atoms with Gasteiger partial charge in [0.25, 0.3) is 0 Å². The van der Waals surface area contributed by atoms with Crippen molar-refractivity contribution in [2.75, 3.05) is 39.6 Å². The summed E-state index contributed by atoms with van der Waals surface area (Å²) in [6.07, 6.45) is 1.58. The third-order valence-electron chi connectivity index (χ3n) is 3.18. The number of hydrogen-bond acceptors (Lipinski definition) is 4. The Bertz CT molecular complexity index is 469. The van der Waals surface area contributed by atoms with Gasteiger partial charge in [-0.15, -0.1) is 0 Å². The molecule has 1 unspecified atom stereocenters. The van der Waals surface area contributed by atoms with E-state index in [0.29, 0.717) is 25.6 Å². The fraction of sp³-hybridized carbons (Fsp3) is 0.529. The second-order valence-electron chi connectivity index (χ2n) is 4.96. The Morgan fingerprint density at radius 3 is 3.10 bits per heavy atom. The van der Waals surface area contributed by atoms with E-state index in [1.54, 1.807) is 0 Å². The molecule has 0 amide bonds. The van der Waals surface area contributed by atoms with Gasteiger partial charge >= 0.3 is 0 Å². The second kappa shape index (κ2) is 9.41. The SMILES string of the molecule is OCCC#Cc1cccc(OCCOCC2CCOC2)c1. The number of aliphatic hydroxyl groups is 1. The van der Waals surface area contributed by atoms with Crippen molar-refractivity contribution < 1.29 is 19.3 Å². The zero-order chi connectivity index (χ0) is 14.8. The number of ether oxygens (including phenoxy) is 3. The van der Waals surface area contributed by atoms with Crippen molar-refractivity contribution in [1.29, 1.82) is 0 Å². The minimum atomic E-state index is 0.0898. The molecule has 1 N–H and O–H groups in total. The lowest BCUT2D eigenvalue weighted by atomic mass is 10.1. The predicted octanol–water partition coefficient (Wildman–Crippen LogP) is 1.85. The maximum absolute atomic E-state index is 8.70. The van der Waals surface area contributed by atoms with Crippen molar-refractivity contribution in [1.82, 2.24) is 0 Å². The van der Waals surface area contributed by atoms with Gasteiger partial charge in [0.05, 0.1) is 26.4 Å². The molecule has 2 rings (SSSR count). The summed E-state index contributed by atoms with van der Waals surface area (Å²) in [5.74, 6) is 7.21. The van der Waals surface area contributed by atoms with Gasteiger partial charge in [-0.25, -0.2) is 0 Å². The first kappa shape index (κ1) is 15.8. The van der Waals surface area contributed by atoms with E-state index < -0.39 is 0 Å². The average molecular weight is 290 g/mol. The molecule has 21 heavy (non-hydrogen) atoms. The lowest BCUT2D eigenvalue weighted by Crippen LogP contribution is -2.13. The molecule has 1 saturated heterocycles. The molecule has 0 aliphatic carbocycles. The van der Waals surface area contributed by atoms with E-state index >= 15 is 0 Å². The monoisotopic (exact) mass is 290 g/mol. The molecule has 0 bridgehead atoms. The standard InChI is InChI=1S/C17H22O4/c18-8-2-1-4-15-5-3-6-17(12-15)21-11-10-20-14-16-7-9-19-13-16/h3,5-6,12,16,18H,2,7-11,13-14H2. The van der Waals surface area contributed by atoms with Gasteiger partial charge in [0.1, 0.15) is 12.4 Å². The maximum Gasteiger partial charge on any atom is 0.120 e. The van der Waals surface area contributed by atoms with Crippen LogP contribution in [-0.4, -0.2) is 44.7 Å². The highest BCUT2D eigenvalue weighted by Crippen LogP contribution is 2.13. The predicted molar refractivity (Wildman–Crippen MR) is 80.3 cm³/mol. The lowest BCUT2D eigenvalue weighted by Gasteiger charge is -2.10. The Morgan fingerprint density at radius 2 is 2.29 bits per heavy atom. The second-order valence-corrected chi connectivity index (χ2v) is 4.96. The zero-order valence-corrected chi connectivity index (χ0v) is 12.2. The maximum atomic E-state index is 8.70. The van der Waals surface area contributed by atoms with Crippen LogP contribution in [0.4, 0.5) is 0 Å². The molecule has 4 heteroatoms. The molecule has 4 nitrogen and oxygen atoms in total. The summed E-state index contributed by atoms with van der Waals surface area (Å²) in [5, 5.41) is 8.70. The van der Waals surface area contributed by atoms with Crippen molar-refractivity contribution >= 4 is 0 Å². The van der Waals surface area contributed by atoms with Gasteiger partial charge in [0.2, 0.25) is 0 Å². The Hall–Kier alpha value is -1.54. The van der Waals surface area contributed by atoms with Gasteiger partial charge < -0.3 is 19.3 Å². The van der Waals surface area contributed by atoms with Crippen LogP contribution in [0.3, 0.4) is 0 Å². The van der Waals surface area contributed by atoms with Crippen LogP contribution >= 0.6 is 0 Å². The van der Waals surface area contributed by atoms with Crippen LogP contribution < -0.4 is 4.74 Å². The van der Waals surface area contributed by atoms with Gasteiger partial charge in [-0.3, -0.25) is 0 Å². The normalized spacial score (nSPS) is 17.3. The fourth-order valence-corrected chi connectivity index (χ4v) is 2.07. The molecule has 1 fully saturated rings. The van der Waals surface area contributed by atoms with Crippen LogP contribution in [0, 0.1) is 17.8 Å². The summed E-state index contributed by atoms with van der Waals surface area (Å²) in [5.41, 5.74) is 0.893. The Kier molecular flexibility index (Phi) is 7.10. The Balaban J connectivity index is 1.65. The molecule has 1 heterocycles. The summed E-state index contributed by atoms with van der Waals surface area (Å²) < 4.78 is 16.5. The van der Waals surface area contributed by atoms with Crippen molar-refractivity contribution in [3.05, 3.63) is 29.8 Å². The molecule has 1 aliphatic rings. The molecular formula is C17H22O4. The fourth-order valence-electron chi connectivity index (χ4n) is 2.07. The van der Waals surface area contributed by atoms with Gasteiger partial charge in [-0.05, 0) is 24.6 Å². The van der Waals surface area contributed by atoms with Crippen LogP contribution in [0.25, 0.3) is 0 Å². The highest BCUT2D eigenvalue weighted by molar-refractivity contribution is 5.39. The number of hydrogen-bond donors (Lipinski definition) is 1. The Labute approximate surface area is 126 Å². The Morgan fingerprint density at radius 1 is 1.33 bits per heavy atom. The van der Waals surface area contributed by atoms with Crippen LogP contribution in [0.1, 0.15) is 18.4 Å². The van der Waals surface area contributed by atoms with E-state index in [0.717, 1.165) is 37.6 Å². The molecule has 0 spiro atoms. The molecule has 0 aromatic heterocycles. The topological polar surface area (TPSA) is 47.9 Å². The minimum Gasteiger partial charge on any atom is -0.491 e. The zero-order valence-electron chi connectivity index (χ0n) is 12.2. The van der Waals surface area contributed by atoms with Crippen LogP contribution in [-0.2, 0) is 9.47 Å². The summed E-state index contributed by atoms with van der Waals surface area (Å²) >= 11 is 0. The van der Waals surface area contributed by atoms with E-state index in [9.17, 15) is 0 Å². The van der Waals surface area contributed by atoms with Crippen molar-refractivity contribution in [2.24, 2.45) is 5.92 Å². The van der Waals surface area contributed by atoms with Gasteiger partial charge in [-0.2, -0.15) is 0 Å². The number of rotatable bonds is 7. The molecule has 1 aromatic rings. The lowest BCUT2D eigenvalue weighted by molar-refractivity contribution is 0.0684. The first-order valence-electron chi connectivity index (χ1n) is 7.36. The molecule has 0 radical (unpaired) electrons. The van der Waals surface area contributed by atoms with E-state index in [2.05, 4.69) is 11.8 Å². The van der Waals surface area contributed by atoms with Crippen LogP contribution in [0.2, 0.25) is 0 Å². The molecule has 1 aliphatic heterocycles.